The van der Waals surface area contributed by atoms with Crippen molar-refractivity contribution >= 4 is 0 Å². The molecule has 0 fully saturated rings. The van der Waals surface area contributed by atoms with Gasteiger partial charge in [-0.05, 0) is 19.5 Å². The topological polar surface area (TPSA) is 68.2 Å². The van der Waals surface area contributed by atoms with Gasteiger partial charge < -0.3 is 15.2 Å². The lowest BCUT2D eigenvalue weighted by molar-refractivity contribution is 0.277. The molecule has 0 aliphatic rings. The summed E-state index contributed by atoms with van der Waals surface area (Å²) in [6.07, 6.45) is 4.36. The van der Waals surface area contributed by atoms with Crippen LogP contribution in [0.4, 0.5) is 0 Å². The average molecular weight is 254 g/mol. The second kappa shape index (κ2) is 8.21. The smallest absolute Gasteiger partial charge is 0.226 e. The van der Waals surface area contributed by atoms with Gasteiger partial charge in [0, 0.05) is 13.0 Å². The lowest BCUT2D eigenvalue weighted by Crippen LogP contribution is -2.32. The second-order valence-corrected chi connectivity index (χ2v) is 4.60. The number of aromatic nitrogens is 2. The van der Waals surface area contributed by atoms with E-state index in [9.17, 15) is 0 Å². The molecule has 0 spiro atoms. The van der Waals surface area contributed by atoms with Crippen molar-refractivity contribution in [2.45, 2.75) is 52.5 Å². The Morgan fingerprint density at radius 2 is 1.94 bits per heavy atom. The van der Waals surface area contributed by atoms with Crippen molar-refractivity contribution in [3.63, 3.8) is 0 Å². The second-order valence-electron chi connectivity index (χ2n) is 4.60. The van der Waals surface area contributed by atoms with Gasteiger partial charge in [-0.2, -0.15) is 4.98 Å². The van der Waals surface area contributed by atoms with E-state index in [1.54, 1.807) is 0 Å². The number of unbranched alkanes of at least 4 members (excludes halogenated alkanes) is 2. The maximum absolute atomic E-state index is 6.09. The summed E-state index contributed by atoms with van der Waals surface area (Å²) in [5.41, 5.74) is 6.09. The van der Waals surface area contributed by atoms with Crippen LogP contribution < -0.4 is 5.73 Å². The number of rotatable bonds is 9. The molecule has 1 atom stereocenters. The molecule has 5 heteroatoms. The molecule has 1 unspecified atom stereocenters. The number of nitrogens with two attached hydrogens (primary N) is 1. The van der Waals surface area contributed by atoms with Crippen LogP contribution in [0, 0.1) is 0 Å². The molecular weight excluding hydrogens is 228 g/mol. The van der Waals surface area contributed by atoms with E-state index in [2.05, 4.69) is 35.8 Å². The molecule has 1 aromatic heterocycles. The fraction of sp³-hybridized carbons (Fsp3) is 0.846. The first-order chi connectivity index (χ1) is 8.71. The molecule has 0 saturated carbocycles. The summed E-state index contributed by atoms with van der Waals surface area (Å²) in [7, 11) is 0. The molecule has 1 heterocycles. The van der Waals surface area contributed by atoms with Gasteiger partial charge in [-0.1, -0.05) is 38.8 Å². The molecule has 0 aliphatic carbocycles. The van der Waals surface area contributed by atoms with Gasteiger partial charge in [-0.15, -0.1) is 0 Å². The number of hydrogen-bond donors (Lipinski definition) is 1. The van der Waals surface area contributed by atoms with E-state index in [1.807, 2.05) is 0 Å². The highest BCUT2D eigenvalue weighted by molar-refractivity contribution is 4.94. The van der Waals surface area contributed by atoms with Gasteiger partial charge in [0.15, 0.2) is 5.82 Å². The van der Waals surface area contributed by atoms with E-state index >= 15 is 0 Å². The van der Waals surface area contributed by atoms with E-state index in [-0.39, 0.29) is 6.04 Å². The monoisotopic (exact) mass is 254 g/mol. The maximum atomic E-state index is 6.09. The predicted octanol–water partition coefficient (Wildman–Crippen LogP) is 2.14. The number of hydrogen-bond acceptors (Lipinski definition) is 5. The Morgan fingerprint density at radius 3 is 2.56 bits per heavy atom. The third-order valence-corrected chi connectivity index (χ3v) is 3.16. The van der Waals surface area contributed by atoms with Crippen LogP contribution in [0.3, 0.4) is 0 Å². The minimum Gasteiger partial charge on any atom is -0.339 e. The minimum absolute atomic E-state index is 0.159. The summed E-state index contributed by atoms with van der Waals surface area (Å²) in [5.74, 6) is 1.35. The van der Waals surface area contributed by atoms with E-state index < -0.39 is 0 Å². The van der Waals surface area contributed by atoms with E-state index in [4.69, 9.17) is 10.3 Å². The van der Waals surface area contributed by atoms with Crippen molar-refractivity contribution in [1.29, 1.82) is 0 Å². The summed E-state index contributed by atoms with van der Waals surface area (Å²) in [5, 5.41) is 3.98. The highest BCUT2D eigenvalue weighted by Crippen LogP contribution is 2.10. The lowest BCUT2D eigenvalue weighted by atomic mass is 10.2. The van der Waals surface area contributed by atoms with Crippen molar-refractivity contribution < 1.29 is 4.52 Å². The highest BCUT2D eigenvalue weighted by atomic mass is 16.5. The van der Waals surface area contributed by atoms with Gasteiger partial charge in [0.1, 0.15) is 0 Å². The standard InChI is InChI=1S/C13H26N4O/c1-4-7-8-9-12-15-13(16-18-12)11(14)10-17(5-2)6-3/h11H,4-10,14H2,1-3H3. The predicted molar refractivity (Wildman–Crippen MR) is 72.2 cm³/mol. The summed E-state index contributed by atoms with van der Waals surface area (Å²) >= 11 is 0. The number of aryl methyl sites for hydroxylation is 1. The summed E-state index contributed by atoms with van der Waals surface area (Å²) in [4.78, 5) is 6.64. The number of nitrogens with zero attached hydrogens (tertiary/aromatic N) is 3. The molecule has 1 rings (SSSR count). The first kappa shape index (κ1) is 15.1. The van der Waals surface area contributed by atoms with Crippen LogP contribution in [0.15, 0.2) is 4.52 Å². The summed E-state index contributed by atoms with van der Waals surface area (Å²) < 4.78 is 5.22. The average Bonchev–Trinajstić information content (AvgIpc) is 2.85. The van der Waals surface area contributed by atoms with Crippen molar-refractivity contribution in [1.82, 2.24) is 15.0 Å². The molecular formula is C13H26N4O. The van der Waals surface area contributed by atoms with Crippen molar-refractivity contribution in [2.75, 3.05) is 19.6 Å². The molecule has 0 saturated heterocycles. The first-order valence-electron chi connectivity index (χ1n) is 7.01. The highest BCUT2D eigenvalue weighted by Gasteiger charge is 2.16. The van der Waals surface area contributed by atoms with Crippen LogP contribution in [0.5, 0.6) is 0 Å². The van der Waals surface area contributed by atoms with E-state index in [0.717, 1.165) is 32.5 Å². The van der Waals surface area contributed by atoms with Crippen molar-refractivity contribution in [3.05, 3.63) is 11.7 Å². The van der Waals surface area contributed by atoms with Crippen LogP contribution in [-0.4, -0.2) is 34.7 Å². The molecule has 104 valence electrons. The van der Waals surface area contributed by atoms with Gasteiger partial charge in [-0.3, -0.25) is 0 Å². The van der Waals surface area contributed by atoms with Crippen LogP contribution in [0.1, 0.15) is 57.8 Å². The molecule has 0 aliphatic heterocycles. The fourth-order valence-electron chi connectivity index (χ4n) is 1.89. The Balaban J connectivity index is 2.45. The van der Waals surface area contributed by atoms with Crippen LogP contribution in [-0.2, 0) is 6.42 Å². The Bertz CT molecular complexity index is 323. The van der Waals surface area contributed by atoms with Crippen molar-refractivity contribution in [3.8, 4) is 0 Å². The Kier molecular flexibility index (Phi) is 6.90. The first-order valence-corrected chi connectivity index (χ1v) is 7.01. The van der Waals surface area contributed by atoms with E-state index in [1.165, 1.54) is 12.8 Å². The molecule has 0 amide bonds. The van der Waals surface area contributed by atoms with Crippen LogP contribution >= 0.6 is 0 Å². The zero-order valence-electron chi connectivity index (χ0n) is 11.9. The van der Waals surface area contributed by atoms with Gasteiger partial charge >= 0.3 is 0 Å². The zero-order valence-corrected chi connectivity index (χ0v) is 11.9. The lowest BCUT2D eigenvalue weighted by Gasteiger charge is -2.20. The Morgan fingerprint density at radius 1 is 1.22 bits per heavy atom. The zero-order chi connectivity index (χ0) is 13.4. The Labute approximate surface area is 110 Å². The molecule has 5 nitrogen and oxygen atoms in total. The summed E-state index contributed by atoms with van der Waals surface area (Å²) in [6, 6.07) is -0.159. The fourth-order valence-corrected chi connectivity index (χ4v) is 1.89. The van der Waals surface area contributed by atoms with Crippen LogP contribution in [0.25, 0.3) is 0 Å². The molecule has 0 radical (unpaired) electrons. The largest absolute Gasteiger partial charge is 0.339 e. The van der Waals surface area contributed by atoms with Crippen molar-refractivity contribution in [2.24, 2.45) is 5.73 Å². The third kappa shape index (κ3) is 4.74. The molecule has 1 aromatic rings. The normalized spacial score (nSPS) is 13.2. The van der Waals surface area contributed by atoms with Gasteiger partial charge in [-0.25, -0.2) is 0 Å². The van der Waals surface area contributed by atoms with Crippen LogP contribution in [0.2, 0.25) is 0 Å². The maximum Gasteiger partial charge on any atom is 0.226 e. The SMILES string of the molecule is CCCCCc1nc(C(N)CN(CC)CC)no1. The molecule has 2 N–H and O–H groups in total. The molecule has 0 bridgehead atoms. The molecule has 18 heavy (non-hydrogen) atoms. The minimum atomic E-state index is -0.159. The van der Waals surface area contributed by atoms with Gasteiger partial charge in [0.05, 0.1) is 6.04 Å². The Hall–Kier alpha value is -0.940. The number of likely N-dealkylation sites (N-methyl/N-ethyl adjacent to an activating group) is 1. The van der Waals surface area contributed by atoms with Gasteiger partial charge in [0.25, 0.3) is 0 Å². The quantitative estimate of drug-likeness (QED) is 0.684. The van der Waals surface area contributed by atoms with E-state index in [0.29, 0.717) is 11.7 Å². The molecule has 0 aromatic carbocycles. The summed E-state index contributed by atoms with van der Waals surface area (Å²) in [6.45, 7) is 9.20. The third-order valence-electron chi connectivity index (χ3n) is 3.16. The van der Waals surface area contributed by atoms with Gasteiger partial charge in [0.2, 0.25) is 5.89 Å².